The zero-order chi connectivity index (χ0) is 33.8. The summed E-state index contributed by atoms with van der Waals surface area (Å²) in [5, 5.41) is 2.95. The number of nitrogens with one attached hydrogen (secondary N) is 1. The van der Waals surface area contributed by atoms with Crippen molar-refractivity contribution in [3.63, 3.8) is 0 Å². The molecule has 1 heterocycles. The summed E-state index contributed by atoms with van der Waals surface area (Å²) < 4.78 is 39.9. The molecular formula is C38H35N3O6S. The molecule has 0 saturated carbocycles. The average molecular weight is 662 g/mol. The van der Waals surface area contributed by atoms with Crippen LogP contribution in [0, 0.1) is 6.92 Å². The van der Waals surface area contributed by atoms with E-state index in [1.807, 2.05) is 49.4 Å². The van der Waals surface area contributed by atoms with E-state index in [0.29, 0.717) is 52.7 Å². The molecule has 1 aliphatic rings. The van der Waals surface area contributed by atoms with Crippen molar-refractivity contribution in [2.75, 3.05) is 41.8 Å². The smallest absolute Gasteiger partial charge is 0.264 e. The second kappa shape index (κ2) is 13.6. The molecule has 0 fully saturated rings. The first kappa shape index (κ1) is 32.3. The van der Waals surface area contributed by atoms with E-state index in [-0.39, 0.29) is 23.3 Å². The van der Waals surface area contributed by atoms with Crippen molar-refractivity contribution >= 4 is 38.9 Å². The first-order valence-electron chi connectivity index (χ1n) is 15.4. The van der Waals surface area contributed by atoms with Crippen LogP contribution in [0.4, 0.5) is 17.1 Å². The minimum atomic E-state index is -4.01. The number of hydrogen-bond donors (Lipinski definition) is 1. The van der Waals surface area contributed by atoms with Gasteiger partial charge in [-0.05, 0) is 79.1 Å². The summed E-state index contributed by atoms with van der Waals surface area (Å²) in [4.78, 5) is 28.9. The van der Waals surface area contributed by atoms with Crippen LogP contribution in [-0.4, -0.2) is 47.5 Å². The second-order valence-electron chi connectivity index (χ2n) is 11.3. The Hall–Kier alpha value is -5.61. The number of sulfonamides is 1. The Morgan fingerprint density at radius 3 is 2.10 bits per heavy atom. The predicted molar refractivity (Wildman–Crippen MR) is 188 cm³/mol. The maximum absolute atomic E-state index is 14.0. The van der Waals surface area contributed by atoms with Gasteiger partial charge in [-0.3, -0.25) is 13.9 Å². The summed E-state index contributed by atoms with van der Waals surface area (Å²) in [5.41, 5.74) is 5.26. The van der Waals surface area contributed by atoms with E-state index in [1.165, 1.54) is 30.7 Å². The highest BCUT2D eigenvalue weighted by Crippen LogP contribution is 2.38. The minimum Gasteiger partial charge on any atom is -0.493 e. The third-order valence-corrected chi connectivity index (χ3v) is 10.1. The Bertz CT molecular complexity index is 2080. The summed E-state index contributed by atoms with van der Waals surface area (Å²) >= 11 is 0. The lowest BCUT2D eigenvalue weighted by atomic mass is 9.98. The third kappa shape index (κ3) is 6.34. The summed E-state index contributed by atoms with van der Waals surface area (Å²) in [7, 11) is -1.08. The molecule has 0 spiro atoms. The van der Waals surface area contributed by atoms with Gasteiger partial charge in [0.2, 0.25) is 0 Å². The van der Waals surface area contributed by atoms with Crippen LogP contribution in [0.1, 0.15) is 32.7 Å². The maximum atomic E-state index is 14.0. The van der Waals surface area contributed by atoms with Crippen LogP contribution < -0.4 is 24.0 Å². The number of carbonyl (C=O) groups is 2. The topological polar surface area (TPSA) is 105 Å². The van der Waals surface area contributed by atoms with Crippen LogP contribution in [0.25, 0.3) is 11.1 Å². The lowest BCUT2D eigenvalue weighted by molar-refractivity contribution is 0.0986. The number of methoxy groups -OCH3 is 2. The van der Waals surface area contributed by atoms with Gasteiger partial charge in [0.1, 0.15) is 0 Å². The van der Waals surface area contributed by atoms with Gasteiger partial charge in [0.05, 0.1) is 30.5 Å². The lowest BCUT2D eigenvalue weighted by Crippen LogP contribution is -2.31. The molecule has 2 amide bonds. The van der Waals surface area contributed by atoms with Crippen molar-refractivity contribution in [3.8, 4) is 22.6 Å². The van der Waals surface area contributed by atoms with Crippen LogP contribution in [0.3, 0.4) is 0 Å². The van der Waals surface area contributed by atoms with E-state index in [0.717, 1.165) is 16.7 Å². The third-order valence-electron chi connectivity index (χ3n) is 8.30. The number of amides is 2. The Balaban J connectivity index is 1.23. The molecule has 6 rings (SSSR count). The van der Waals surface area contributed by atoms with E-state index in [1.54, 1.807) is 65.6 Å². The standard InChI is InChI=1S/C38H35N3O6S/c1-26-13-15-27(16-14-26)31-9-4-5-10-32(31)37(42)39-29-19-17-28(18-20-29)38(43)40-23-8-24-41(34-12-7-6-11-33(34)40)48(44,45)30-21-22-35(46-2)36(25-30)47-3/h4-7,9-22,25H,8,23-24H2,1-3H3,(H,39,42). The monoisotopic (exact) mass is 661 g/mol. The van der Waals surface area contributed by atoms with Gasteiger partial charge in [0, 0.05) is 36.0 Å². The molecule has 5 aromatic rings. The summed E-state index contributed by atoms with van der Waals surface area (Å²) in [6, 6.07) is 33.6. The van der Waals surface area contributed by atoms with Crippen LogP contribution >= 0.6 is 0 Å². The molecule has 0 unspecified atom stereocenters. The Morgan fingerprint density at radius 2 is 1.40 bits per heavy atom. The zero-order valence-corrected chi connectivity index (χ0v) is 27.7. The van der Waals surface area contributed by atoms with Crippen LogP contribution in [-0.2, 0) is 10.0 Å². The predicted octanol–water partition coefficient (Wildman–Crippen LogP) is 7.18. The number of ether oxygens (including phenoxy) is 2. The molecule has 0 bridgehead atoms. The largest absolute Gasteiger partial charge is 0.493 e. The van der Waals surface area contributed by atoms with Gasteiger partial charge in [-0.1, -0.05) is 60.2 Å². The number of anilines is 3. The molecule has 0 aromatic heterocycles. The highest BCUT2D eigenvalue weighted by Gasteiger charge is 2.33. The molecule has 244 valence electrons. The van der Waals surface area contributed by atoms with Gasteiger partial charge in [0.15, 0.2) is 11.5 Å². The van der Waals surface area contributed by atoms with Gasteiger partial charge in [-0.2, -0.15) is 0 Å². The summed E-state index contributed by atoms with van der Waals surface area (Å²) in [6.45, 7) is 2.50. The number of nitrogens with zero attached hydrogens (tertiary/aromatic N) is 2. The van der Waals surface area contributed by atoms with E-state index < -0.39 is 10.0 Å². The number of benzene rings is 5. The highest BCUT2D eigenvalue weighted by molar-refractivity contribution is 7.92. The highest BCUT2D eigenvalue weighted by atomic mass is 32.2. The zero-order valence-electron chi connectivity index (χ0n) is 26.8. The van der Waals surface area contributed by atoms with Crippen molar-refractivity contribution in [2.45, 2.75) is 18.2 Å². The molecule has 0 saturated heterocycles. The van der Waals surface area contributed by atoms with Crippen LogP contribution in [0.2, 0.25) is 0 Å². The van der Waals surface area contributed by atoms with Gasteiger partial charge < -0.3 is 19.7 Å². The van der Waals surface area contributed by atoms with E-state index >= 15 is 0 Å². The normalized spacial score (nSPS) is 12.9. The van der Waals surface area contributed by atoms with Gasteiger partial charge in [-0.25, -0.2) is 8.42 Å². The summed E-state index contributed by atoms with van der Waals surface area (Å²) in [5.74, 6) is 0.175. The Kier molecular flexibility index (Phi) is 9.18. The van der Waals surface area contributed by atoms with E-state index in [4.69, 9.17) is 9.47 Å². The molecule has 10 heteroatoms. The van der Waals surface area contributed by atoms with Crippen molar-refractivity contribution in [2.24, 2.45) is 0 Å². The second-order valence-corrected chi connectivity index (χ2v) is 13.2. The molecule has 0 radical (unpaired) electrons. The minimum absolute atomic E-state index is 0.0499. The molecular weight excluding hydrogens is 627 g/mol. The number of hydrogen-bond acceptors (Lipinski definition) is 6. The molecule has 0 aliphatic carbocycles. The van der Waals surface area contributed by atoms with E-state index in [9.17, 15) is 18.0 Å². The number of para-hydroxylation sites is 2. The fourth-order valence-electron chi connectivity index (χ4n) is 5.80. The molecule has 0 atom stereocenters. The Labute approximate surface area is 280 Å². The van der Waals surface area contributed by atoms with Crippen molar-refractivity contribution < 1.29 is 27.5 Å². The van der Waals surface area contributed by atoms with Gasteiger partial charge >= 0.3 is 0 Å². The summed E-state index contributed by atoms with van der Waals surface area (Å²) in [6.07, 6.45) is 0.404. The fraction of sp³-hybridized carbons (Fsp3) is 0.158. The number of rotatable bonds is 8. The van der Waals surface area contributed by atoms with Crippen molar-refractivity contribution in [3.05, 3.63) is 132 Å². The first-order chi connectivity index (χ1) is 23.2. The molecule has 9 nitrogen and oxygen atoms in total. The first-order valence-corrected chi connectivity index (χ1v) is 16.9. The molecule has 48 heavy (non-hydrogen) atoms. The Morgan fingerprint density at radius 1 is 0.729 bits per heavy atom. The van der Waals surface area contributed by atoms with E-state index in [2.05, 4.69) is 5.32 Å². The quantitative estimate of drug-likeness (QED) is 0.189. The SMILES string of the molecule is COc1ccc(S(=O)(=O)N2CCCN(C(=O)c3ccc(NC(=O)c4ccccc4-c4ccc(C)cc4)cc3)c3ccccc32)cc1OC. The number of fused-ring (bicyclic) bond motifs is 1. The number of carbonyl (C=O) groups excluding carboxylic acids is 2. The average Bonchev–Trinajstić information content (AvgIpc) is 3.32. The molecule has 5 aromatic carbocycles. The van der Waals surface area contributed by atoms with Crippen molar-refractivity contribution in [1.82, 2.24) is 0 Å². The number of aryl methyl sites for hydroxylation is 1. The van der Waals surface area contributed by atoms with Crippen molar-refractivity contribution in [1.29, 1.82) is 0 Å². The van der Waals surface area contributed by atoms with Gasteiger partial charge in [-0.15, -0.1) is 0 Å². The fourth-order valence-corrected chi connectivity index (χ4v) is 7.33. The van der Waals surface area contributed by atoms with Crippen LogP contribution in [0.15, 0.2) is 120 Å². The lowest BCUT2D eigenvalue weighted by Gasteiger charge is -2.26. The maximum Gasteiger partial charge on any atom is 0.264 e. The molecule has 1 aliphatic heterocycles. The van der Waals surface area contributed by atoms with Crippen LogP contribution in [0.5, 0.6) is 11.5 Å². The van der Waals surface area contributed by atoms with Gasteiger partial charge in [0.25, 0.3) is 21.8 Å². The molecule has 1 N–H and O–H groups in total.